The number of hydrogen-bond acceptors (Lipinski definition) is 4. The van der Waals surface area contributed by atoms with Gasteiger partial charge in [-0.2, -0.15) is 0 Å². The number of nitrogens with one attached hydrogen (secondary N) is 1. The van der Waals surface area contributed by atoms with Crippen molar-refractivity contribution in [3.63, 3.8) is 0 Å². The number of nitrogens with zero attached hydrogens (tertiary/aromatic N) is 4. The van der Waals surface area contributed by atoms with Crippen molar-refractivity contribution in [2.75, 3.05) is 0 Å². The van der Waals surface area contributed by atoms with Gasteiger partial charge in [-0.1, -0.05) is 42.5 Å². The number of aromatic nitrogens is 3. The highest BCUT2D eigenvalue weighted by atomic mass is 16.2. The van der Waals surface area contributed by atoms with Crippen molar-refractivity contribution in [3.8, 4) is 0 Å². The van der Waals surface area contributed by atoms with Crippen LogP contribution in [-0.2, 0) is 24.4 Å². The van der Waals surface area contributed by atoms with Gasteiger partial charge in [0.25, 0.3) is 5.91 Å². The molecule has 0 saturated heterocycles. The molecule has 0 radical (unpaired) electrons. The molecule has 0 aliphatic carbocycles. The second kappa shape index (κ2) is 10.1. The smallest absolute Gasteiger partial charge is 0.251 e. The number of fused-ring (bicyclic) bond motifs is 1. The predicted molar refractivity (Wildman–Crippen MR) is 127 cm³/mol. The van der Waals surface area contributed by atoms with E-state index in [0.717, 1.165) is 16.6 Å². The van der Waals surface area contributed by atoms with Crippen LogP contribution in [0.25, 0.3) is 11.0 Å². The van der Waals surface area contributed by atoms with Gasteiger partial charge >= 0.3 is 0 Å². The van der Waals surface area contributed by atoms with E-state index in [2.05, 4.69) is 15.3 Å². The Labute approximate surface area is 193 Å². The van der Waals surface area contributed by atoms with E-state index in [4.69, 9.17) is 0 Å². The van der Waals surface area contributed by atoms with Crippen LogP contribution >= 0.6 is 0 Å². The predicted octanol–water partition coefficient (Wildman–Crippen LogP) is 3.80. The molecular weight excluding hydrogens is 414 g/mol. The molecule has 0 fully saturated rings. The van der Waals surface area contributed by atoms with Crippen LogP contribution in [0, 0.1) is 0 Å². The molecule has 0 spiro atoms. The van der Waals surface area contributed by atoms with E-state index in [-0.39, 0.29) is 30.9 Å². The van der Waals surface area contributed by atoms with Gasteiger partial charge in [0.2, 0.25) is 5.91 Å². The Bertz CT molecular complexity index is 1240. The normalized spacial score (nSPS) is 11.0. The number of rotatable bonds is 8. The Morgan fingerprint density at radius 1 is 0.970 bits per heavy atom. The van der Waals surface area contributed by atoms with Crippen molar-refractivity contribution in [1.29, 1.82) is 0 Å². The van der Waals surface area contributed by atoms with Crippen LogP contribution in [-0.4, -0.2) is 37.3 Å². The fourth-order valence-electron chi connectivity index (χ4n) is 3.77. The van der Waals surface area contributed by atoms with Gasteiger partial charge in [-0.05, 0) is 43.7 Å². The lowest BCUT2D eigenvalue weighted by Crippen LogP contribution is -2.39. The summed E-state index contributed by atoms with van der Waals surface area (Å²) in [5.41, 5.74) is 3.26. The average molecular weight is 442 g/mol. The maximum Gasteiger partial charge on any atom is 0.251 e. The third kappa shape index (κ3) is 5.26. The van der Waals surface area contributed by atoms with Crippen LogP contribution in [0.1, 0.15) is 35.6 Å². The number of carbonyl (C=O) groups is 2. The van der Waals surface area contributed by atoms with Crippen LogP contribution in [0.3, 0.4) is 0 Å². The van der Waals surface area contributed by atoms with Crippen molar-refractivity contribution >= 4 is 22.8 Å². The van der Waals surface area contributed by atoms with E-state index in [0.29, 0.717) is 17.9 Å². The molecule has 4 aromatic rings. The summed E-state index contributed by atoms with van der Waals surface area (Å²) in [7, 11) is 0. The van der Waals surface area contributed by atoms with E-state index in [1.807, 2.05) is 77.9 Å². The number of para-hydroxylation sites is 2. The highest BCUT2D eigenvalue weighted by Crippen LogP contribution is 2.18. The molecule has 2 aromatic carbocycles. The fraction of sp³-hybridized carbons (Fsp3) is 0.231. The molecule has 7 nitrogen and oxygen atoms in total. The first-order chi connectivity index (χ1) is 16.0. The molecule has 168 valence electrons. The van der Waals surface area contributed by atoms with Crippen LogP contribution in [0.5, 0.6) is 0 Å². The molecule has 2 amide bonds. The molecule has 33 heavy (non-hydrogen) atoms. The summed E-state index contributed by atoms with van der Waals surface area (Å²) in [6.07, 6.45) is 3.16. The van der Waals surface area contributed by atoms with Crippen LogP contribution in [0.15, 0.2) is 79.1 Å². The van der Waals surface area contributed by atoms with Crippen molar-refractivity contribution < 1.29 is 9.59 Å². The number of carbonyl (C=O) groups excluding carboxylic acids is 2. The summed E-state index contributed by atoms with van der Waals surface area (Å²) in [5.74, 6) is 0.421. The van der Waals surface area contributed by atoms with E-state index in [9.17, 15) is 9.59 Å². The van der Waals surface area contributed by atoms with Gasteiger partial charge in [0.1, 0.15) is 12.4 Å². The summed E-state index contributed by atoms with van der Waals surface area (Å²) in [4.78, 5) is 36.4. The first kappa shape index (κ1) is 22.2. The van der Waals surface area contributed by atoms with Gasteiger partial charge in [0, 0.05) is 30.5 Å². The van der Waals surface area contributed by atoms with Crippen LogP contribution in [0.4, 0.5) is 0 Å². The summed E-state index contributed by atoms with van der Waals surface area (Å²) in [5, 5.41) is 2.91. The molecule has 0 aliphatic heterocycles. The first-order valence-corrected chi connectivity index (χ1v) is 11.0. The van der Waals surface area contributed by atoms with Crippen molar-refractivity contribution in [2.24, 2.45) is 0 Å². The molecule has 2 aromatic heterocycles. The Kier molecular flexibility index (Phi) is 6.78. The lowest BCUT2D eigenvalue weighted by molar-refractivity contribution is -0.134. The maximum atomic E-state index is 13.4. The minimum Gasteiger partial charge on any atom is -0.345 e. The molecular formula is C26H27N5O2. The lowest BCUT2D eigenvalue weighted by atomic mass is 10.2. The number of pyridine rings is 1. The van der Waals surface area contributed by atoms with Crippen molar-refractivity contribution in [3.05, 3.63) is 96.1 Å². The largest absolute Gasteiger partial charge is 0.345 e. The number of benzene rings is 2. The number of hydrogen-bond donors (Lipinski definition) is 1. The zero-order valence-corrected chi connectivity index (χ0v) is 18.8. The Balaban J connectivity index is 1.56. The van der Waals surface area contributed by atoms with Crippen molar-refractivity contribution in [1.82, 2.24) is 24.8 Å². The summed E-state index contributed by atoms with van der Waals surface area (Å²) >= 11 is 0. The molecule has 4 rings (SSSR count). The molecule has 7 heteroatoms. The molecule has 0 bridgehead atoms. The van der Waals surface area contributed by atoms with Gasteiger partial charge in [0.15, 0.2) is 0 Å². The maximum absolute atomic E-state index is 13.4. The molecule has 0 aliphatic rings. The molecule has 0 unspecified atom stereocenters. The van der Waals surface area contributed by atoms with Crippen molar-refractivity contribution in [2.45, 2.75) is 39.5 Å². The molecule has 1 N–H and O–H groups in total. The molecule has 0 atom stereocenters. The fourth-order valence-corrected chi connectivity index (χ4v) is 3.77. The lowest BCUT2D eigenvalue weighted by Gasteiger charge is -2.27. The highest BCUT2D eigenvalue weighted by Gasteiger charge is 2.21. The second-order valence-electron chi connectivity index (χ2n) is 8.12. The third-order valence-corrected chi connectivity index (χ3v) is 5.52. The molecule has 2 heterocycles. The average Bonchev–Trinajstić information content (AvgIpc) is 3.19. The van der Waals surface area contributed by atoms with E-state index < -0.39 is 0 Å². The zero-order valence-electron chi connectivity index (χ0n) is 18.8. The van der Waals surface area contributed by atoms with Gasteiger partial charge in [0.05, 0.1) is 17.6 Å². The van der Waals surface area contributed by atoms with Gasteiger partial charge < -0.3 is 14.8 Å². The Morgan fingerprint density at radius 2 is 1.67 bits per heavy atom. The summed E-state index contributed by atoms with van der Waals surface area (Å²) < 4.78 is 1.89. The van der Waals surface area contributed by atoms with Gasteiger partial charge in [-0.25, -0.2) is 4.98 Å². The number of amides is 2. The summed E-state index contributed by atoms with van der Waals surface area (Å²) in [6, 6.07) is 21.0. The quantitative estimate of drug-likeness (QED) is 0.451. The van der Waals surface area contributed by atoms with Gasteiger partial charge in [-0.3, -0.25) is 14.6 Å². The van der Waals surface area contributed by atoms with E-state index in [1.165, 1.54) is 0 Å². The third-order valence-electron chi connectivity index (χ3n) is 5.52. The minimum atomic E-state index is -0.213. The minimum absolute atomic E-state index is 0.00119. The Morgan fingerprint density at radius 3 is 2.39 bits per heavy atom. The SMILES string of the molecule is CC(C)N(Cc1ccccc1)C(=O)Cn1c(CNC(=O)c2ccncc2)nc2ccccc21. The molecule has 0 saturated carbocycles. The Hall–Kier alpha value is -4.00. The van der Waals surface area contributed by atoms with E-state index >= 15 is 0 Å². The first-order valence-electron chi connectivity index (χ1n) is 11.0. The topological polar surface area (TPSA) is 80.1 Å². The monoisotopic (exact) mass is 441 g/mol. The van der Waals surface area contributed by atoms with Crippen LogP contribution in [0.2, 0.25) is 0 Å². The number of imidazole rings is 1. The highest BCUT2D eigenvalue weighted by molar-refractivity contribution is 5.94. The second-order valence-corrected chi connectivity index (χ2v) is 8.12. The zero-order chi connectivity index (χ0) is 23.2. The van der Waals surface area contributed by atoms with Crippen LogP contribution < -0.4 is 5.32 Å². The van der Waals surface area contributed by atoms with Gasteiger partial charge in [-0.15, -0.1) is 0 Å². The van der Waals surface area contributed by atoms with E-state index in [1.54, 1.807) is 24.5 Å². The standard InChI is InChI=1S/C26H27N5O2/c1-19(2)30(17-20-8-4-3-5-9-20)25(32)18-31-23-11-7-6-10-22(23)29-24(31)16-28-26(33)21-12-14-27-15-13-21/h3-15,19H,16-18H2,1-2H3,(H,28,33). The summed E-state index contributed by atoms with van der Waals surface area (Å²) in [6.45, 7) is 4.93.